The van der Waals surface area contributed by atoms with Gasteiger partial charge in [-0.15, -0.1) is 0 Å². The number of rotatable bonds is 6. The normalized spacial score (nSPS) is 11.4. The first-order valence-electron chi connectivity index (χ1n) is 9.61. The molecule has 30 heavy (non-hydrogen) atoms. The number of hydrogen-bond acceptors (Lipinski definition) is 3. The second kappa shape index (κ2) is 9.02. The number of urea groups is 1. The molecule has 0 aliphatic carbocycles. The molecule has 0 atom stereocenters. The van der Waals surface area contributed by atoms with E-state index in [0.717, 1.165) is 11.6 Å². The number of pyridine rings is 1. The fourth-order valence-electron chi connectivity index (χ4n) is 2.95. The standard InChI is InChI=1S/C22H25F2N5O/c1-22(2,3)27-21(30)29(14-17-5-4-8-25-12-17)15-20-26-9-10-28(20)13-16-6-7-18(23)19(24)11-16/h4-12H,13-15H2,1-3H3,(H,27,30). The Morgan fingerprint density at radius 2 is 1.90 bits per heavy atom. The SMILES string of the molecule is CC(C)(C)NC(=O)N(Cc1cccnc1)Cc1nccn1Cc1ccc(F)c(F)c1. The molecule has 0 aliphatic rings. The number of halogens is 2. The lowest BCUT2D eigenvalue weighted by atomic mass is 10.1. The van der Waals surface area contributed by atoms with Crippen molar-refractivity contribution in [1.82, 2.24) is 24.8 Å². The summed E-state index contributed by atoms with van der Waals surface area (Å²) in [4.78, 5) is 23.0. The molecule has 0 fully saturated rings. The van der Waals surface area contributed by atoms with Crippen LogP contribution < -0.4 is 5.32 Å². The van der Waals surface area contributed by atoms with Gasteiger partial charge in [-0.3, -0.25) is 4.98 Å². The molecule has 0 spiro atoms. The predicted octanol–water partition coefficient (Wildman–Crippen LogP) is 4.11. The molecule has 1 N–H and O–H groups in total. The van der Waals surface area contributed by atoms with Gasteiger partial charge >= 0.3 is 6.03 Å². The van der Waals surface area contributed by atoms with Crippen LogP contribution in [-0.2, 0) is 19.6 Å². The van der Waals surface area contributed by atoms with E-state index in [2.05, 4.69) is 15.3 Å². The average Bonchev–Trinajstić information content (AvgIpc) is 3.10. The van der Waals surface area contributed by atoms with Gasteiger partial charge in [-0.25, -0.2) is 18.6 Å². The Morgan fingerprint density at radius 1 is 1.10 bits per heavy atom. The van der Waals surface area contributed by atoms with Crippen LogP contribution in [0.2, 0.25) is 0 Å². The van der Waals surface area contributed by atoms with Crippen molar-refractivity contribution in [2.24, 2.45) is 0 Å². The molecule has 0 radical (unpaired) electrons. The molecule has 2 heterocycles. The molecule has 0 aliphatic heterocycles. The van der Waals surface area contributed by atoms with Gasteiger partial charge in [0.25, 0.3) is 0 Å². The Morgan fingerprint density at radius 3 is 2.57 bits per heavy atom. The topological polar surface area (TPSA) is 63.1 Å². The number of benzene rings is 1. The summed E-state index contributed by atoms with van der Waals surface area (Å²) in [5.41, 5.74) is 1.09. The molecular formula is C22H25F2N5O. The lowest BCUT2D eigenvalue weighted by Crippen LogP contribution is -2.48. The van der Waals surface area contributed by atoms with Gasteiger partial charge < -0.3 is 14.8 Å². The van der Waals surface area contributed by atoms with Crippen molar-refractivity contribution in [2.45, 2.75) is 45.9 Å². The lowest BCUT2D eigenvalue weighted by Gasteiger charge is -2.28. The van der Waals surface area contributed by atoms with E-state index in [-0.39, 0.29) is 12.6 Å². The van der Waals surface area contributed by atoms with Gasteiger partial charge in [-0.1, -0.05) is 12.1 Å². The number of carbonyl (C=O) groups is 1. The van der Waals surface area contributed by atoms with Gasteiger partial charge in [0.1, 0.15) is 5.82 Å². The summed E-state index contributed by atoms with van der Waals surface area (Å²) in [6.45, 7) is 6.65. The van der Waals surface area contributed by atoms with Gasteiger partial charge in [0.15, 0.2) is 11.6 Å². The summed E-state index contributed by atoms with van der Waals surface area (Å²) in [5.74, 6) is -1.14. The van der Waals surface area contributed by atoms with Crippen LogP contribution in [0.5, 0.6) is 0 Å². The predicted molar refractivity (Wildman–Crippen MR) is 109 cm³/mol. The third-order valence-corrected chi connectivity index (χ3v) is 4.34. The van der Waals surface area contributed by atoms with Crippen molar-refractivity contribution in [3.8, 4) is 0 Å². The molecule has 3 aromatic rings. The highest BCUT2D eigenvalue weighted by atomic mass is 19.2. The van der Waals surface area contributed by atoms with Crippen molar-refractivity contribution < 1.29 is 13.6 Å². The van der Waals surface area contributed by atoms with E-state index >= 15 is 0 Å². The lowest BCUT2D eigenvalue weighted by molar-refractivity contribution is 0.181. The number of nitrogens with zero attached hydrogens (tertiary/aromatic N) is 4. The molecule has 2 aromatic heterocycles. The number of amides is 2. The smallest absolute Gasteiger partial charge is 0.318 e. The average molecular weight is 413 g/mol. The van der Waals surface area contributed by atoms with Crippen LogP contribution in [0.3, 0.4) is 0 Å². The third-order valence-electron chi connectivity index (χ3n) is 4.34. The molecular weight excluding hydrogens is 388 g/mol. The van der Waals surface area contributed by atoms with E-state index in [9.17, 15) is 13.6 Å². The van der Waals surface area contributed by atoms with Crippen LogP contribution in [0.1, 0.15) is 37.7 Å². The summed E-state index contributed by atoms with van der Waals surface area (Å²) in [6.07, 6.45) is 6.77. The molecule has 0 bridgehead atoms. The fraction of sp³-hybridized carbons (Fsp3) is 0.318. The van der Waals surface area contributed by atoms with Gasteiger partial charge in [0.2, 0.25) is 0 Å². The molecule has 8 heteroatoms. The molecule has 1 aromatic carbocycles. The first-order valence-corrected chi connectivity index (χ1v) is 9.61. The van der Waals surface area contributed by atoms with E-state index in [1.165, 1.54) is 12.1 Å². The van der Waals surface area contributed by atoms with Gasteiger partial charge in [0, 0.05) is 43.4 Å². The van der Waals surface area contributed by atoms with Gasteiger partial charge in [-0.2, -0.15) is 0 Å². The van der Waals surface area contributed by atoms with Crippen LogP contribution in [0.25, 0.3) is 0 Å². The van der Waals surface area contributed by atoms with Crippen molar-refractivity contribution in [2.75, 3.05) is 0 Å². The highest BCUT2D eigenvalue weighted by Crippen LogP contribution is 2.14. The highest BCUT2D eigenvalue weighted by molar-refractivity contribution is 5.74. The Kier molecular flexibility index (Phi) is 6.44. The first-order chi connectivity index (χ1) is 14.2. The van der Waals surface area contributed by atoms with Crippen molar-refractivity contribution >= 4 is 6.03 Å². The number of imidazole rings is 1. The zero-order valence-corrected chi connectivity index (χ0v) is 17.3. The third kappa shape index (κ3) is 5.85. The number of aromatic nitrogens is 3. The minimum atomic E-state index is -0.892. The summed E-state index contributed by atoms with van der Waals surface area (Å²) in [7, 11) is 0. The van der Waals surface area contributed by atoms with Gasteiger partial charge in [0.05, 0.1) is 6.54 Å². The summed E-state index contributed by atoms with van der Waals surface area (Å²) in [6, 6.07) is 7.29. The summed E-state index contributed by atoms with van der Waals surface area (Å²) < 4.78 is 28.6. The second-order valence-electron chi connectivity index (χ2n) is 8.12. The minimum Gasteiger partial charge on any atom is -0.333 e. The monoisotopic (exact) mass is 413 g/mol. The Hall–Kier alpha value is -3.29. The van der Waals surface area contributed by atoms with E-state index in [4.69, 9.17) is 0 Å². The Bertz CT molecular complexity index is 998. The zero-order valence-electron chi connectivity index (χ0n) is 17.3. The van der Waals surface area contributed by atoms with Crippen LogP contribution in [0.4, 0.5) is 13.6 Å². The molecule has 3 rings (SSSR count). The van der Waals surface area contributed by atoms with E-state index in [1.807, 2.05) is 37.5 Å². The molecule has 0 saturated heterocycles. The maximum atomic E-state index is 13.6. The molecule has 158 valence electrons. The van der Waals surface area contributed by atoms with Crippen molar-refractivity contribution in [1.29, 1.82) is 0 Å². The second-order valence-corrected chi connectivity index (χ2v) is 8.12. The number of nitrogens with one attached hydrogen (secondary N) is 1. The van der Waals surface area contributed by atoms with Crippen LogP contribution in [-0.4, -0.2) is 31.0 Å². The van der Waals surface area contributed by atoms with Crippen LogP contribution >= 0.6 is 0 Å². The van der Waals surface area contributed by atoms with Crippen molar-refractivity contribution in [3.63, 3.8) is 0 Å². The van der Waals surface area contributed by atoms with Crippen LogP contribution in [0.15, 0.2) is 55.1 Å². The summed E-state index contributed by atoms with van der Waals surface area (Å²) >= 11 is 0. The van der Waals surface area contributed by atoms with E-state index < -0.39 is 17.2 Å². The maximum absolute atomic E-state index is 13.6. The number of carbonyl (C=O) groups excluding carboxylic acids is 1. The fourth-order valence-corrected chi connectivity index (χ4v) is 2.95. The van der Waals surface area contributed by atoms with E-state index in [1.54, 1.807) is 29.7 Å². The van der Waals surface area contributed by atoms with Crippen LogP contribution in [0, 0.1) is 11.6 Å². The summed E-state index contributed by atoms with van der Waals surface area (Å²) in [5, 5.41) is 2.97. The zero-order chi connectivity index (χ0) is 21.7. The Labute approximate surface area is 174 Å². The first kappa shape index (κ1) is 21.4. The minimum absolute atomic E-state index is 0.228. The molecule has 6 nitrogen and oxygen atoms in total. The number of hydrogen-bond donors (Lipinski definition) is 1. The molecule has 2 amide bonds. The molecule has 0 unspecified atom stereocenters. The van der Waals surface area contributed by atoms with Crippen molar-refractivity contribution in [3.05, 3.63) is 83.7 Å². The van der Waals surface area contributed by atoms with E-state index in [0.29, 0.717) is 24.5 Å². The Balaban J connectivity index is 1.81. The highest BCUT2D eigenvalue weighted by Gasteiger charge is 2.22. The molecule has 0 saturated carbocycles. The maximum Gasteiger partial charge on any atom is 0.318 e. The largest absolute Gasteiger partial charge is 0.333 e. The quantitative estimate of drug-likeness (QED) is 0.661. The van der Waals surface area contributed by atoms with Gasteiger partial charge in [-0.05, 0) is 50.1 Å².